The fourth-order valence-corrected chi connectivity index (χ4v) is 1.66. The molecule has 3 nitrogen and oxygen atoms in total. The lowest BCUT2D eigenvalue weighted by Crippen LogP contribution is -2.23. The molecule has 0 unspecified atom stereocenters. The van der Waals surface area contributed by atoms with Crippen LogP contribution in [0.1, 0.15) is 65.2 Å². The Labute approximate surface area is 128 Å². The van der Waals surface area contributed by atoms with Crippen molar-refractivity contribution in [1.82, 2.24) is 0 Å². The van der Waals surface area contributed by atoms with Crippen molar-refractivity contribution >= 4 is 11.8 Å². The van der Waals surface area contributed by atoms with Crippen LogP contribution in [0.15, 0.2) is 30.3 Å². The molecule has 0 bridgehead atoms. The second-order valence-corrected chi connectivity index (χ2v) is 7.31. The molecule has 0 aromatic heterocycles. The highest BCUT2D eigenvalue weighted by Gasteiger charge is 2.17. The first-order valence-electron chi connectivity index (χ1n) is 7.18. The summed E-state index contributed by atoms with van der Waals surface area (Å²) in [6.07, 6.45) is 0.687. The summed E-state index contributed by atoms with van der Waals surface area (Å²) in [6, 6.07) is 8.99. The zero-order chi connectivity index (χ0) is 16.7. The van der Waals surface area contributed by atoms with E-state index >= 15 is 0 Å². The van der Waals surface area contributed by atoms with E-state index in [2.05, 4.69) is 20.8 Å². The summed E-state index contributed by atoms with van der Waals surface area (Å²) in [5.74, 6) is 0.00519. The van der Waals surface area contributed by atoms with Gasteiger partial charge in [0.15, 0.2) is 0 Å². The Morgan fingerprint density at radius 2 is 1.43 bits per heavy atom. The molecule has 0 radical (unpaired) electrons. The third-order valence-electron chi connectivity index (χ3n) is 2.19. The highest BCUT2D eigenvalue weighted by atomic mass is 16.6. The van der Waals surface area contributed by atoms with E-state index in [1.165, 1.54) is 0 Å². The Bertz CT molecular complexity index is 448. The molecule has 0 aliphatic heterocycles. The predicted octanol–water partition coefficient (Wildman–Crippen LogP) is 4.65. The Balaban J connectivity index is 0.000000433. The summed E-state index contributed by atoms with van der Waals surface area (Å²) < 4.78 is 5.18. The van der Waals surface area contributed by atoms with Crippen molar-refractivity contribution in [2.75, 3.05) is 0 Å². The molecule has 118 valence electrons. The third-order valence-corrected chi connectivity index (χ3v) is 2.19. The van der Waals surface area contributed by atoms with Gasteiger partial charge in [0.05, 0.1) is 5.56 Å². The number of hydrogen-bond acceptors (Lipinski definition) is 3. The van der Waals surface area contributed by atoms with Crippen molar-refractivity contribution in [2.24, 2.45) is 5.41 Å². The molecule has 0 N–H and O–H groups in total. The van der Waals surface area contributed by atoms with Crippen LogP contribution in [0, 0.1) is 5.41 Å². The van der Waals surface area contributed by atoms with Gasteiger partial charge in [-0.05, 0) is 45.2 Å². The average molecular weight is 292 g/mol. The van der Waals surface area contributed by atoms with E-state index in [1.54, 1.807) is 19.1 Å². The summed E-state index contributed by atoms with van der Waals surface area (Å²) in [7, 11) is 0. The van der Waals surface area contributed by atoms with E-state index < -0.39 is 5.60 Å². The van der Waals surface area contributed by atoms with Crippen molar-refractivity contribution in [3.63, 3.8) is 0 Å². The van der Waals surface area contributed by atoms with Gasteiger partial charge in [-0.1, -0.05) is 39.0 Å². The van der Waals surface area contributed by atoms with Gasteiger partial charge in [-0.3, -0.25) is 0 Å². The first-order valence-corrected chi connectivity index (χ1v) is 7.18. The molecule has 1 rings (SSSR count). The maximum atomic E-state index is 11.4. The summed E-state index contributed by atoms with van der Waals surface area (Å²) in [5, 5.41) is 0. The van der Waals surface area contributed by atoms with Gasteiger partial charge in [0, 0.05) is 6.42 Å². The molecule has 0 spiro atoms. The van der Waals surface area contributed by atoms with E-state index in [0.717, 1.165) is 0 Å². The minimum atomic E-state index is -0.424. The molecule has 21 heavy (non-hydrogen) atoms. The normalized spacial score (nSPS) is 11.2. The van der Waals surface area contributed by atoms with E-state index in [9.17, 15) is 9.59 Å². The van der Waals surface area contributed by atoms with Crippen molar-refractivity contribution in [3.05, 3.63) is 35.9 Å². The quantitative estimate of drug-likeness (QED) is 0.745. The minimum Gasteiger partial charge on any atom is -0.456 e. The second-order valence-electron chi connectivity index (χ2n) is 7.31. The lowest BCUT2D eigenvalue weighted by atomic mass is 9.91. The molecule has 1 aromatic carbocycles. The molecule has 0 aliphatic carbocycles. The van der Waals surface area contributed by atoms with E-state index in [1.807, 2.05) is 39.0 Å². The molecule has 0 atom stereocenters. The van der Waals surface area contributed by atoms with Crippen molar-refractivity contribution in [2.45, 2.75) is 60.5 Å². The molecule has 0 amide bonds. The number of ether oxygens (including phenoxy) is 1. The Morgan fingerprint density at radius 3 is 1.71 bits per heavy atom. The van der Waals surface area contributed by atoms with Crippen molar-refractivity contribution in [1.29, 1.82) is 0 Å². The molecule has 3 heteroatoms. The first-order chi connectivity index (χ1) is 9.41. The van der Waals surface area contributed by atoms with Crippen LogP contribution < -0.4 is 0 Å². The maximum absolute atomic E-state index is 11.4. The fourth-order valence-electron chi connectivity index (χ4n) is 1.66. The minimum absolute atomic E-state index is 0.172. The summed E-state index contributed by atoms with van der Waals surface area (Å²) in [6.45, 7) is 13.4. The average Bonchev–Trinajstić information content (AvgIpc) is 2.25. The van der Waals surface area contributed by atoms with E-state index in [-0.39, 0.29) is 17.2 Å². The number of rotatable bonds is 2. The van der Waals surface area contributed by atoms with Gasteiger partial charge in [-0.25, -0.2) is 4.79 Å². The van der Waals surface area contributed by atoms with Crippen molar-refractivity contribution in [3.8, 4) is 0 Å². The van der Waals surface area contributed by atoms with Gasteiger partial charge in [0.25, 0.3) is 0 Å². The largest absolute Gasteiger partial charge is 0.456 e. The molecule has 0 saturated heterocycles. The lowest BCUT2D eigenvalue weighted by Gasteiger charge is -2.19. The molecular weight excluding hydrogens is 264 g/mol. The van der Waals surface area contributed by atoms with Crippen LogP contribution in [0.4, 0.5) is 0 Å². The summed E-state index contributed by atoms with van der Waals surface area (Å²) in [4.78, 5) is 21.9. The van der Waals surface area contributed by atoms with Crippen LogP contribution in [0.5, 0.6) is 0 Å². The molecule has 0 saturated carbocycles. The van der Waals surface area contributed by atoms with Gasteiger partial charge in [0.1, 0.15) is 11.4 Å². The van der Waals surface area contributed by atoms with Gasteiger partial charge in [-0.2, -0.15) is 0 Å². The number of Topliss-reactive ketones (excluding diaryl/α,β-unsaturated/α-hetero) is 1. The Morgan fingerprint density at radius 1 is 0.952 bits per heavy atom. The summed E-state index contributed by atoms with van der Waals surface area (Å²) >= 11 is 0. The van der Waals surface area contributed by atoms with Gasteiger partial charge >= 0.3 is 5.97 Å². The number of benzene rings is 1. The monoisotopic (exact) mass is 292 g/mol. The maximum Gasteiger partial charge on any atom is 0.338 e. The first kappa shape index (κ1) is 19.4. The van der Waals surface area contributed by atoms with Crippen LogP contribution in [-0.4, -0.2) is 17.4 Å². The molecule has 0 heterocycles. The number of carbonyl (C=O) groups is 2. The Kier molecular flexibility index (Phi) is 7.34. The highest BCUT2D eigenvalue weighted by Crippen LogP contribution is 2.17. The van der Waals surface area contributed by atoms with Crippen LogP contribution in [0.25, 0.3) is 0 Å². The number of esters is 1. The highest BCUT2D eigenvalue weighted by molar-refractivity contribution is 5.89. The van der Waals surface area contributed by atoms with Crippen LogP contribution >= 0.6 is 0 Å². The van der Waals surface area contributed by atoms with Gasteiger partial charge < -0.3 is 9.53 Å². The van der Waals surface area contributed by atoms with Gasteiger partial charge in [-0.15, -0.1) is 0 Å². The predicted molar refractivity (Wildman–Crippen MR) is 86.4 cm³/mol. The smallest absolute Gasteiger partial charge is 0.338 e. The zero-order valence-electron chi connectivity index (χ0n) is 14.3. The molecule has 1 aromatic rings. The standard InChI is InChI=1S/C11H14O2.C7H14O/c1-11(2,3)13-10(12)9-7-5-4-6-8-9;1-6(8)5-7(2,3)4/h4-8H,1-3H3;5H2,1-4H3. The molecular formula is C18H28O3. The van der Waals surface area contributed by atoms with Crippen molar-refractivity contribution < 1.29 is 14.3 Å². The summed E-state index contributed by atoms with van der Waals surface area (Å²) in [5.41, 5.74) is 0.344. The van der Waals surface area contributed by atoms with Crippen LogP contribution in [0.2, 0.25) is 0 Å². The van der Waals surface area contributed by atoms with Crippen LogP contribution in [0.3, 0.4) is 0 Å². The van der Waals surface area contributed by atoms with E-state index in [0.29, 0.717) is 12.0 Å². The third kappa shape index (κ3) is 11.9. The topological polar surface area (TPSA) is 43.4 Å². The van der Waals surface area contributed by atoms with E-state index in [4.69, 9.17) is 4.74 Å². The fraction of sp³-hybridized carbons (Fsp3) is 0.556. The van der Waals surface area contributed by atoms with Gasteiger partial charge in [0.2, 0.25) is 0 Å². The van der Waals surface area contributed by atoms with Crippen LogP contribution in [-0.2, 0) is 9.53 Å². The number of ketones is 1. The zero-order valence-corrected chi connectivity index (χ0v) is 14.3. The number of hydrogen-bond donors (Lipinski definition) is 0. The molecule has 0 fully saturated rings. The Hall–Kier alpha value is -1.64. The molecule has 0 aliphatic rings. The lowest BCUT2D eigenvalue weighted by molar-refractivity contribution is -0.118. The SMILES string of the molecule is CC(=O)CC(C)(C)C.CC(C)(C)OC(=O)c1ccccc1. The number of carbonyl (C=O) groups excluding carboxylic acids is 2. The second kappa shape index (κ2) is 7.96.